The molecule has 1 unspecified atom stereocenters. The summed E-state index contributed by atoms with van der Waals surface area (Å²) in [6, 6.07) is 8.56. The highest BCUT2D eigenvalue weighted by Crippen LogP contribution is 2.31. The van der Waals surface area contributed by atoms with Gasteiger partial charge in [0.25, 0.3) is 5.91 Å². The zero-order valence-corrected chi connectivity index (χ0v) is 20.0. The summed E-state index contributed by atoms with van der Waals surface area (Å²) in [6.45, 7) is 3.56. The lowest BCUT2D eigenvalue weighted by molar-refractivity contribution is -0.136. The minimum atomic E-state index is -3.12. The number of hydrogen-bond donors (Lipinski definition) is 0. The Balaban J connectivity index is 1.47. The number of carbonyl (C=O) groups excluding carboxylic acids is 2. The number of fused-ring (bicyclic) bond motifs is 1. The van der Waals surface area contributed by atoms with Crippen LogP contribution in [0.2, 0.25) is 5.02 Å². The molecule has 0 saturated carbocycles. The van der Waals surface area contributed by atoms with E-state index in [9.17, 15) is 18.0 Å². The Hall–Kier alpha value is -2.43. The number of halogens is 1. The Morgan fingerprint density at radius 2 is 2.03 bits per heavy atom. The lowest BCUT2D eigenvalue weighted by Crippen LogP contribution is -2.43. The van der Waals surface area contributed by atoms with Crippen LogP contribution in [0.1, 0.15) is 28.7 Å². The average Bonchev–Trinajstić information content (AvgIpc) is 3.42. The molecule has 1 aromatic carbocycles. The second-order valence-corrected chi connectivity index (χ2v) is 11.3. The molecule has 0 aliphatic carbocycles. The van der Waals surface area contributed by atoms with Crippen molar-refractivity contribution in [1.29, 1.82) is 0 Å². The molecule has 32 heavy (non-hydrogen) atoms. The Morgan fingerprint density at radius 3 is 2.66 bits per heavy atom. The zero-order valence-electron chi connectivity index (χ0n) is 17.6. The van der Waals surface area contributed by atoms with E-state index in [-0.39, 0.29) is 17.5 Å². The molecule has 0 spiro atoms. The van der Waals surface area contributed by atoms with Gasteiger partial charge in [-0.15, -0.1) is 11.3 Å². The van der Waals surface area contributed by atoms with Crippen LogP contribution in [0.5, 0.6) is 0 Å². The highest BCUT2D eigenvalue weighted by Gasteiger charge is 2.34. The summed E-state index contributed by atoms with van der Waals surface area (Å²) in [5, 5.41) is 5.98. The minimum Gasteiger partial charge on any atom is -0.451 e. The van der Waals surface area contributed by atoms with Crippen LogP contribution < -0.4 is 0 Å². The summed E-state index contributed by atoms with van der Waals surface area (Å²) in [4.78, 5) is 27.8. The average molecular weight is 496 g/mol. The smallest absolute Gasteiger partial charge is 0.348 e. The first-order valence-electron chi connectivity index (χ1n) is 10.1. The van der Waals surface area contributed by atoms with Gasteiger partial charge < -0.3 is 9.64 Å². The summed E-state index contributed by atoms with van der Waals surface area (Å²) in [6.07, 6.45) is 0.409. The molecule has 0 radical (unpaired) electrons. The van der Waals surface area contributed by atoms with Crippen LogP contribution in [0.4, 0.5) is 0 Å². The summed E-state index contributed by atoms with van der Waals surface area (Å²) in [5.41, 5.74) is 1.58. The van der Waals surface area contributed by atoms with Crippen molar-refractivity contribution in [1.82, 2.24) is 14.7 Å². The van der Waals surface area contributed by atoms with E-state index in [1.54, 1.807) is 29.8 Å². The van der Waals surface area contributed by atoms with Gasteiger partial charge in [-0.05, 0) is 50.6 Å². The molecule has 0 N–H and O–H groups in total. The number of esters is 1. The van der Waals surface area contributed by atoms with E-state index in [0.29, 0.717) is 22.9 Å². The molecule has 1 aliphatic heterocycles. The van der Waals surface area contributed by atoms with Gasteiger partial charge in [-0.1, -0.05) is 11.6 Å². The van der Waals surface area contributed by atoms with Gasteiger partial charge in [0, 0.05) is 23.0 Å². The maximum Gasteiger partial charge on any atom is 0.348 e. The summed E-state index contributed by atoms with van der Waals surface area (Å²) in [7, 11) is -3.12. The number of ether oxygens (including phenoxy) is 1. The molecule has 8 nitrogen and oxygen atoms in total. The quantitative estimate of drug-likeness (QED) is 0.487. The van der Waals surface area contributed by atoms with Crippen LogP contribution in [0.15, 0.2) is 30.3 Å². The predicted octanol–water partition coefficient (Wildman–Crippen LogP) is 3.24. The normalized spacial score (nSPS) is 17.5. The number of thiophene rings is 1. The molecule has 11 heteroatoms. The lowest BCUT2D eigenvalue weighted by atomic mass is 10.2. The minimum absolute atomic E-state index is 0.0443. The van der Waals surface area contributed by atoms with Gasteiger partial charge in [-0.2, -0.15) is 5.10 Å². The fourth-order valence-corrected chi connectivity index (χ4v) is 6.78. The van der Waals surface area contributed by atoms with E-state index in [0.717, 1.165) is 21.6 Å². The van der Waals surface area contributed by atoms with Gasteiger partial charge in [-0.3, -0.25) is 4.79 Å². The fraction of sp³-hybridized carbons (Fsp3) is 0.381. The van der Waals surface area contributed by atoms with E-state index < -0.39 is 28.3 Å². The van der Waals surface area contributed by atoms with Gasteiger partial charge in [0.05, 0.1) is 22.9 Å². The maximum atomic E-state index is 12.6. The first kappa shape index (κ1) is 22.8. The second-order valence-electron chi connectivity index (χ2n) is 7.62. The summed E-state index contributed by atoms with van der Waals surface area (Å²) >= 11 is 7.20. The Kier molecular flexibility index (Phi) is 6.28. The van der Waals surface area contributed by atoms with E-state index in [1.807, 2.05) is 19.1 Å². The number of aromatic nitrogens is 2. The lowest BCUT2D eigenvalue weighted by Gasteiger charge is -2.26. The molecule has 4 rings (SSSR count). The molecule has 1 fully saturated rings. The van der Waals surface area contributed by atoms with Crippen molar-refractivity contribution in [3.05, 3.63) is 45.9 Å². The van der Waals surface area contributed by atoms with Gasteiger partial charge in [0.1, 0.15) is 9.71 Å². The monoisotopic (exact) mass is 495 g/mol. The molecule has 1 amide bonds. The number of likely N-dealkylation sites (N-methyl/N-ethyl adjacent to an activating group) is 1. The van der Waals surface area contributed by atoms with Crippen molar-refractivity contribution in [2.45, 2.75) is 26.3 Å². The SMILES string of the molecule is CCN(C(=O)COC(=O)c1cc2c(C)nn(-c3ccc(Cl)cc3)c2s1)C1CCS(=O)(=O)C1. The number of benzene rings is 1. The first-order chi connectivity index (χ1) is 15.2. The number of nitrogens with zero attached hydrogens (tertiary/aromatic N) is 3. The van der Waals surface area contributed by atoms with Crippen molar-refractivity contribution >= 4 is 54.9 Å². The number of rotatable bonds is 6. The molecule has 3 heterocycles. The molecule has 1 aliphatic rings. The van der Waals surface area contributed by atoms with Gasteiger partial charge in [0.15, 0.2) is 16.4 Å². The Bertz CT molecular complexity index is 1280. The third-order valence-electron chi connectivity index (χ3n) is 5.45. The number of aryl methyl sites for hydroxylation is 1. The largest absolute Gasteiger partial charge is 0.451 e. The van der Waals surface area contributed by atoms with Gasteiger partial charge in [-0.25, -0.2) is 17.9 Å². The first-order valence-corrected chi connectivity index (χ1v) is 13.1. The van der Waals surface area contributed by atoms with E-state index in [1.165, 1.54) is 16.2 Å². The van der Waals surface area contributed by atoms with Gasteiger partial charge >= 0.3 is 5.97 Å². The number of amides is 1. The van der Waals surface area contributed by atoms with Crippen molar-refractivity contribution < 1.29 is 22.7 Å². The predicted molar refractivity (Wildman–Crippen MR) is 123 cm³/mol. The number of sulfone groups is 1. The maximum absolute atomic E-state index is 12.6. The standard InChI is InChI=1S/C21H22ClN3O5S2/c1-3-24(16-8-9-32(28,29)12-16)19(26)11-30-21(27)18-10-17-13(2)23-25(20(17)31-18)15-6-4-14(22)5-7-15/h4-7,10,16H,3,8-9,11-12H2,1-2H3. The van der Waals surface area contributed by atoms with Gasteiger partial charge in [0.2, 0.25) is 0 Å². The highest BCUT2D eigenvalue weighted by molar-refractivity contribution is 7.91. The zero-order chi connectivity index (χ0) is 23.0. The van der Waals surface area contributed by atoms with Crippen molar-refractivity contribution in [2.75, 3.05) is 24.7 Å². The fourth-order valence-electron chi connectivity index (χ4n) is 3.85. The van der Waals surface area contributed by atoms with Crippen molar-refractivity contribution in [2.24, 2.45) is 0 Å². The molecule has 0 bridgehead atoms. The van der Waals surface area contributed by atoms with Crippen molar-refractivity contribution in [3.8, 4) is 5.69 Å². The van der Waals surface area contributed by atoms with Crippen LogP contribution in [-0.2, 0) is 19.4 Å². The summed E-state index contributed by atoms with van der Waals surface area (Å²) < 4.78 is 30.5. The molecule has 170 valence electrons. The number of hydrogen-bond acceptors (Lipinski definition) is 7. The molecule has 3 aromatic rings. The number of carbonyl (C=O) groups is 2. The van der Waals surface area contributed by atoms with Crippen LogP contribution in [0, 0.1) is 6.92 Å². The third kappa shape index (κ3) is 4.53. The van der Waals surface area contributed by atoms with E-state index >= 15 is 0 Å². The van der Waals surface area contributed by atoms with Crippen LogP contribution in [0.3, 0.4) is 0 Å². The second kappa shape index (κ2) is 8.84. The molecule has 1 atom stereocenters. The molecule has 1 saturated heterocycles. The topological polar surface area (TPSA) is 98.6 Å². The Morgan fingerprint density at radius 1 is 1.31 bits per heavy atom. The summed E-state index contributed by atoms with van der Waals surface area (Å²) in [5.74, 6) is -0.964. The third-order valence-corrected chi connectivity index (χ3v) is 8.55. The van der Waals surface area contributed by atoms with Crippen LogP contribution in [0.25, 0.3) is 15.9 Å². The molecular weight excluding hydrogens is 474 g/mol. The van der Waals surface area contributed by atoms with Crippen LogP contribution >= 0.6 is 22.9 Å². The van der Waals surface area contributed by atoms with Crippen molar-refractivity contribution in [3.63, 3.8) is 0 Å². The van der Waals surface area contributed by atoms with E-state index in [2.05, 4.69) is 5.10 Å². The molecule has 2 aromatic heterocycles. The molecular formula is C21H22ClN3O5S2. The Labute approximate surface area is 194 Å². The van der Waals surface area contributed by atoms with E-state index in [4.69, 9.17) is 16.3 Å². The highest BCUT2D eigenvalue weighted by atomic mass is 35.5. The van der Waals surface area contributed by atoms with Crippen LogP contribution in [-0.4, -0.2) is 65.7 Å².